The number of methoxy groups -OCH3 is 1. The lowest BCUT2D eigenvalue weighted by Gasteiger charge is -2.18. The molecule has 2 aromatic carbocycles. The SMILES string of the molecule is COc1ccc(N2C[C@H](C(=O)Nc3ccc(Cn4cncn4)cc3)CC2=O)cc1Cl. The van der Waals surface area contributed by atoms with Crippen LogP contribution < -0.4 is 15.0 Å². The minimum atomic E-state index is -0.437. The van der Waals surface area contributed by atoms with Crippen LogP contribution in [0.3, 0.4) is 0 Å². The highest BCUT2D eigenvalue weighted by molar-refractivity contribution is 6.32. The highest BCUT2D eigenvalue weighted by Gasteiger charge is 2.35. The molecule has 1 aromatic heterocycles. The van der Waals surface area contributed by atoms with Gasteiger partial charge in [-0.1, -0.05) is 23.7 Å². The van der Waals surface area contributed by atoms with Gasteiger partial charge in [-0.25, -0.2) is 9.67 Å². The minimum absolute atomic E-state index is 0.112. The average molecular weight is 426 g/mol. The predicted octanol–water partition coefficient (Wildman–Crippen LogP) is 2.98. The van der Waals surface area contributed by atoms with E-state index in [0.29, 0.717) is 35.2 Å². The van der Waals surface area contributed by atoms with E-state index in [9.17, 15) is 9.59 Å². The van der Waals surface area contributed by atoms with Crippen molar-refractivity contribution in [2.75, 3.05) is 23.9 Å². The fourth-order valence-corrected chi connectivity index (χ4v) is 3.65. The van der Waals surface area contributed by atoms with Crippen molar-refractivity contribution in [3.05, 3.63) is 65.7 Å². The molecule has 4 rings (SSSR count). The lowest BCUT2D eigenvalue weighted by molar-refractivity contribution is -0.122. The summed E-state index contributed by atoms with van der Waals surface area (Å²) >= 11 is 6.17. The van der Waals surface area contributed by atoms with Crippen molar-refractivity contribution in [3.63, 3.8) is 0 Å². The van der Waals surface area contributed by atoms with Crippen LogP contribution in [0.25, 0.3) is 0 Å². The van der Waals surface area contributed by atoms with Crippen molar-refractivity contribution in [2.24, 2.45) is 5.92 Å². The molecule has 0 unspecified atom stereocenters. The summed E-state index contributed by atoms with van der Waals surface area (Å²) in [5.74, 6) is -0.198. The zero-order chi connectivity index (χ0) is 21.1. The second-order valence-electron chi connectivity index (χ2n) is 7.00. The van der Waals surface area contributed by atoms with E-state index in [0.717, 1.165) is 5.56 Å². The van der Waals surface area contributed by atoms with Gasteiger partial charge in [0.25, 0.3) is 0 Å². The number of rotatable bonds is 6. The molecular weight excluding hydrogens is 406 g/mol. The highest BCUT2D eigenvalue weighted by Crippen LogP contribution is 2.32. The number of hydrogen-bond donors (Lipinski definition) is 1. The number of nitrogens with zero attached hydrogens (tertiary/aromatic N) is 4. The summed E-state index contributed by atoms with van der Waals surface area (Å²) in [7, 11) is 1.53. The van der Waals surface area contributed by atoms with Gasteiger partial charge in [-0.15, -0.1) is 0 Å². The summed E-state index contributed by atoms with van der Waals surface area (Å²) in [6.07, 6.45) is 3.29. The third-order valence-corrected chi connectivity index (χ3v) is 5.27. The molecule has 30 heavy (non-hydrogen) atoms. The summed E-state index contributed by atoms with van der Waals surface area (Å²) in [6, 6.07) is 12.7. The Morgan fingerprint density at radius 2 is 2.07 bits per heavy atom. The van der Waals surface area contributed by atoms with Crippen LogP contribution in [0.15, 0.2) is 55.1 Å². The zero-order valence-electron chi connectivity index (χ0n) is 16.3. The van der Waals surface area contributed by atoms with Gasteiger partial charge < -0.3 is 15.0 Å². The van der Waals surface area contributed by atoms with Crippen LogP contribution in [0.1, 0.15) is 12.0 Å². The molecule has 1 saturated heterocycles. The second-order valence-corrected chi connectivity index (χ2v) is 7.41. The Bertz CT molecular complexity index is 1050. The van der Waals surface area contributed by atoms with Gasteiger partial charge in [-0.2, -0.15) is 5.10 Å². The molecule has 154 valence electrons. The van der Waals surface area contributed by atoms with Gasteiger partial charge in [0.1, 0.15) is 18.4 Å². The quantitative estimate of drug-likeness (QED) is 0.655. The van der Waals surface area contributed by atoms with E-state index in [1.165, 1.54) is 13.4 Å². The first-order valence-corrected chi connectivity index (χ1v) is 9.77. The monoisotopic (exact) mass is 425 g/mol. The number of aromatic nitrogens is 3. The van der Waals surface area contributed by atoms with Crippen molar-refractivity contribution >= 4 is 34.8 Å². The second kappa shape index (κ2) is 8.54. The number of carbonyl (C=O) groups excluding carboxylic acids is 2. The van der Waals surface area contributed by atoms with Crippen LogP contribution in [-0.2, 0) is 16.1 Å². The molecule has 1 aliphatic rings. The van der Waals surface area contributed by atoms with Crippen LogP contribution in [0, 0.1) is 5.92 Å². The number of halogens is 1. The van der Waals surface area contributed by atoms with Gasteiger partial charge in [0.05, 0.1) is 24.6 Å². The van der Waals surface area contributed by atoms with Crippen molar-refractivity contribution in [3.8, 4) is 5.75 Å². The van der Waals surface area contributed by atoms with E-state index in [1.54, 1.807) is 34.1 Å². The van der Waals surface area contributed by atoms with Gasteiger partial charge >= 0.3 is 0 Å². The molecule has 1 fully saturated rings. The highest BCUT2D eigenvalue weighted by atomic mass is 35.5. The van der Waals surface area contributed by atoms with Crippen molar-refractivity contribution in [2.45, 2.75) is 13.0 Å². The van der Waals surface area contributed by atoms with Gasteiger partial charge in [0, 0.05) is 24.3 Å². The molecule has 0 radical (unpaired) electrons. The van der Waals surface area contributed by atoms with E-state index >= 15 is 0 Å². The summed E-state index contributed by atoms with van der Waals surface area (Å²) < 4.78 is 6.87. The predicted molar refractivity (Wildman–Crippen MR) is 113 cm³/mol. The minimum Gasteiger partial charge on any atom is -0.495 e. The fourth-order valence-electron chi connectivity index (χ4n) is 3.40. The molecule has 1 atom stereocenters. The van der Waals surface area contributed by atoms with Crippen molar-refractivity contribution < 1.29 is 14.3 Å². The number of carbonyl (C=O) groups is 2. The lowest BCUT2D eigenvalue weighted by Crippen LogP contribution is -2.28. The van der Waals surface area contributed by atoms with Crippen LogP contribution >= 0.6 is 11.6 Å². The van der Waals surface area contributed by atoms with E-state index in [4.69, 9.17) is 16.3 Å². The first kappa shape index (κ1) is 19.9. The molecule has 0 aliphatic carbocycles. The molecule has 1 aliphatic heterocycles. The van der Waals surface area contributed by atoms with E-state index in [1.807, 2.05) is 24.3 Å². The van der Waals surface area contributed by atoms with Gasteiger partial charge in [-0.3, -0.25) is 9.59 Å². The molecule has 2 amide bonds. The molecule has 8 nitrogen and oxygen atoms in total. The van der Waals surface area contributed by atoms with Crippen LogP contribution in [-0.4, -0.2) is 40.2 Å². The summed E-state index contributed by atoms with van der Waals surface area (Å²) in [5.41, 5.74) is 2.37. The number of ether oxygens (including phenoxy) is 1. The maximum Gasteiger partial charge on any atom is 0.229 e. The molecular formula is C21H20ClN5O3. The topological polar surface area (TPSA) is 89.3 Å². The number of anilines is 2. The van der Waals surface area contributed by atoms with Gasteiger partial charge in [0.15, 0.2) is 0 Å². The molecule has 3 aromatic rings. The standard InChI is InChI=1S/C21H20ClN5O3/c1-30-19-7-6-17(9-18(19)22)27-11-15(8-20(27)28)21(29)25-16-4-2-14(3-5-16)10-26-13-23-12-24-26/h2-7,9,12-13,15H,8,10-11H2,1H3,(H,25,29)/t15-/m1/s1. The van der Waals surface area contributed by atoms with Crippen molar-refractivity contribution in [1.29, 1.82) is 0 Å². The molecule has 0 spiro atoms. The van der Waals surface area contributed by atoms with E-state index in [2.05, 4.69) is 15.4 Å². The van der Waals surface area contributed by atoms with Gasteiger partial charge in [-0.05, 0) is 35.9 Å². The first-order valence-electron chi connectivity index (χ1n) is 9.39. The fraction of sp³-hybridized carbons (Fsp3) is 0.238. The van der Waals surface area contributed by atoms with Crippen LogP contribution in [0.5, 0.6) is 5.75 Å². The molecule has 0 bridgehead atoms. The number of hydrogen-bond acceptors (Lipinski definition) is 5. The summed E-state index contributed by atoms with van der Waals surface area (Å²) in [6.45, 7) is 0.905. The largest absolute Gasteiger partial charge is 0.495 e. The molecule has 1 N–H and O–H groups in total. The van der Waals surface area contributed by atoms with E-state index in [-0.39, 0.29) is 18.2 Å². The Kier molecular flexibility index (Phi) is 5.67. The zero-order valence-corrected chi connectivity index (χ0v) is 17.0. The van der Waals surface area contributed by atoms with E-state index < -0.39 is 5.92 Å². The summed E-state index contributed by atoms with van der Waals surface area (Å²) in [4.78, 5) is 30.6. The Hall–Kier alpha value is -3.39. The van der Waals surface area contributed by atoms with Crippen molar-refractivity contribution in [1.82, 2.24) is 14.8 Å². The van der Waals surface area contributed by atoms with Crippen LogP contribution in [0.2, 0.25) is 5.02 Å². The Balaban J connectivity index is 1.38. The first-order chi connectivity index (χ1) is 14.5. The summed E-state index contributed by atoms with van der Waals surface area (Å²) in [5, 5.41) is 7.38. The normalized spacial score (nSPS) is 16.0. The Morgan fingerprint density at radius 1 is 1.27 bits per heavy atom. The maximum atomic E-state index is 12.7. The third-order valence-electron chi connectivity index (χ3n) is 4.98. The Morgan fingerprint density at radius 3 is 2.73 bits per heavy atom. The molecule has 9 heteroatoms. The molecule has 0 saturated carbocycles. The average Bonchev–Trinajstić information content (AvgIpc) is 3.39. The maximum absolute atomic E-state index is 12.7. The number of amides is 2. The smallest absolute Gasteiger partial charge is 0.229 e. The lowest BCUT2D eigenvalue weighted by atomic mass is 10.1. The van der Waals surface area contributed by atoms with Crippen LogP contribution in [0.4, 0.5) is 11.4 Å². The number of nitrogens with one attached hydrogen (secondary N) is 1. The third kappa shape index (κ3) is 4.28. The number of benzene rings is 2. The Labute approximate surface area is 178 Å². The molecule has 2 heterocycles. The van der Waals surface area contributed by atoms with Gasteiger partial charge in [0.2, 0.25) is 11.8 Å².